The number of unbranched alkanes of at least 4 members (excludes halogenated alkanes) is 26. The molecule has 3 atom stereocenters. The third kappa shape index (κ3) is 54.0. The van der Waals surface area contributed by atoms with Crippen LogP contribution in [0.5, 0.6) is 0 Å². The zero-order valence-electron chi connectivity index (χ0n) is 48.8. The normalized spacial score (nSPS) is 14.3. The number of ether oxygens (including phenoxy) is 1. The Bertz CT molecular complexity index is 1540. The number of allylic oxidation sites excluding steroid dienone is 13. The highest BCUT2D eigenvalue weighted by atomic mass is 31.2. The van der Waals surface area contributed by atoms with Crippen LogP contribution in [0.3, 0.4) is 0 Å². The molecule has 10 heteroatoms. The van der Waals surface area contributed by atoms with Crippen LogP contribution < -0.4 is 5.32 Å². The van der Waals surface area contributed by atoms with Crippen molar-refractivity contribution in [3.63, 3.8) is 0 Å². The molecule has 0 saturated carbocycles. The number of quaternary nitrogens is 1. The van der Waals surface area contributed by atoms with Crippen LogP contribution in [0.4, 0.5) is 0 Å². The lowest BCUT2D eigenvalue weighted by Gasteiger charge is -2.27. The van der Waals surface area contributed by atoms with Gasteiger partial charge in [-0.1, -0.05) is 228 Å². The van der Waals surface area contributed by atoms with E-state index in [2.05, 4.69) is 99.0 Å². The van der Waals surface area contributed by atoms with Gasteiger partial charge in [0.05, 0.1) is 33.8 Å². The van der Waals surface area contributed by atoms with E-state index in [1.54, 1.807) is 0 Å². The summed E-state index contributed by atoms with van der Waals surface area (Å²) < 4.78 is 30.6. The molecule has 0 heterocycles. The zero-order chi connectivity index (χ0) is 54.3. The third-order valence-electron chi connectivity index (χ3n) is 13.1. The van der Waals surface area contributed by atoms with Crippen LogP contribution in [0.1, 0.15) is 258 Å². The summed E-state index contributed by atoms with van der Waals surface area (Å²) in [6, 6.07) is -0.876. The Balaban J connectivity index is 5.37. The first kappa shape index (κ1) is 71.2. The number of carbonyl (C=O) groups is 2. The van der Waals surface area contributed by atoms with Gasteiger partial charge in [-0.25, -0.2) is 4.57 Å². The third-order valence-corrected chi connectivity index (χ3v) is 14.0. The van der Waals surface area contributed by atoms with Crippen molar-refractivity contribution < 1.29 is 37.3 Å². The van der Waals surface area contributed by atoms with E-state index >= 15 is 0 Å². The topological polar surface area (TPSA) is 111 Å². The molecule has 0 aliphatic carbocycles. The number of rotatable bonds is 54. The molecule has 3 unspecified atom stereocenters. The van der Waals surface area contributed by atoms with Gasteiger partial charge in [-0.2, -0.15) is 0 Å². The van der Waals surface area contributed by atoms with Crippen LogP contribution in [0, 0.1) is 0 Å². The maximum atomic E-state index is 13.5. The Kier molecular flexibility index (Phi) is 51.5. The summed E-state index contributed by atoms with van der Waals surface area (Å²) >= 11 is 0. The fourth-order valence-electron chi connectivity index (χ4n) is 8.31. The van der Waals surface area contributed by atoms with E-state index in [1.807, 2.05) is 33.3 Å². The maximum Gasteiger partial charge on any atom is 0.472 e. The van der Waals surface area contributed by atoms with Gasteiger partial charge in [0.1, 0.15) is 19.3 Å². The van der Waals surface area contributed by atoms with Crippen molar-refractivity contribution in [1.82, 2.24) is 5.32 Å². The first-order chi connectivity index (χ1) is 35.9. The summed E-state index contributed by atoms with van der Waals surface area (Å²) in [6.45, 7) is 6.92. The summed E-state index contributed by atoms with van der Waals surface area (Å²) in [5.74, 6) is -0.576. The van der Waals surface area contributed by atoms with E-state index in [0.29, 0.717) is 23.9 Å². The molecule has 1 amide bonds. The van der Waals surface area contributed by atoms with Gasteiger partial charge in [0, 0.05) is 12.8 Å². The van der Waals surface area contributed by atoms with Gasteiger partial charge < -0.3 is 19.4 Å². The van der Waals surface area contributed by atoms with Gasteiger partial charge >= 0.3 is 13.8 Å². The van der Waals surface area contributed by atoms with E-state index in [0.717, 1.165) is 83.5 Å². The van der Waals surface area contributed by atoms with Crippen molar-refractivity contribution in [3.8, 4) is 0 Å². The Hall–Kier alpha value is -2.81. The molecule has 0 aromatic heterocycles. The first-order valence-electron chi connectivity index (χ1n) is 30.4. The molecule has 0 saturated heterocycles. The van der Waals surface area contributed by atoms with Crippen LogP contribution in [-0.2, 0) is 27.9 Å². The lowest BCUT2D eigenvalue weighted by atomic mass is 10.0. The van der Waals surface area contributed by atoms with Gasteiger partial charge in [0.2, 0.25) is 5.91 Å². The molecule has 428 valence electrons. The maximum absolute atomic E-state index is 13.5. The standard InChI is InChI=1S/C64H115N2O7P/c1-7-10-13-16-19-22-25-28-30-32-33-35-36-38-41-44-47-50-53-56-63(67)65-61(60-72-74(69,70)71-59-58-66(4,5)6)62(55-52-49-46-43-40-27-24-21-18-15-12-9-3)73-64(68)57-54-51-48-45-42-39-37-34-31-29-26-23-20-17-14-11-8-2/h19-20,22-23,28-31,37,39,45,48,52,55,61-62H,7-18,21,24-27,32-36,38,40-44,46-47,49-51,53-54,56-60H2,1-6H3,(H-,65,67,69,70)/p+1/b22-19-,23-20-,30-28-,31-29-,39-37-,48-45-,55-52+. The predicted molar refractivity (Wildman–Crippen MR) is 318 cm³/mol. The number of likely N-dealkylation sites (N-methyl/N-ethyl adjacent to an activating group) is 1. The molecule has 0 rings (SSSR count). The Morgan fingerprint density at radius 3 is 1.28 bits per heavy atom. The number of hydrogen-bond acceptors (Lipinski definition) is 6. The van der Waals surface area contributed by atoms with Gasteiger partial charge in [-0.05, 0) is 102 Å². The largest absolute Gasteiger partial charge is 0.472 e. The molecular weight excluding hydrogens is 940 g/mol. The molecule has 9 nitrogen and oxygen atoms in total. The molecule has 0 radical (unpaired) electrons. The smallest absolute Gasteiger partial charge is 0.456 e. The molecule has 0 fully saturated rings. The highest BCUT2D eigenvalue weighted by Crippen LogP contribution is 2.43. The number of phosphoric acid groups is 1. The van der Waals surface area contributed by atoms with Crippen LogP contribution in [0.2, 0.25) is 0 Å². The second-order valence-corrected chi connectivity index (χ2v) is 23.0. The quantitative estimate of drug-likeness (QED) is 0.0205. The molecule has 0 spiro atoms. The first-order valence-corrected chi connectivity index (χ1v) is 31.9. The predicted octanol–water partition coefficient (Wildman–Crippen LogP) is 18.6. The second-order valence-electron chi connectivity index (χ2n) is 21.5. The van der Waals surface area contributed by atoms with Gasteiger partial charge in [0.25, 0.3) is 0 Å². The summed E-state index contributed by atoms with van der Waals surface area (Å²) in [5.41, 5.74) is 0. The average Bonchev–Trinajstić information content (AvgIpc) is 3.36. The number of carbonyl (C=O) groups excluding carboxylic acids is 2. The Morgan fingerprint density at radius 2 is 0.838 bits per heavy atom. The van der Waals surface area contributed by atoms with E-state index in [1.165, 1.54) is 135 Å². The van der Waals surface area contributed by atoms with E-state index < -0.39 is 20.0 Å². The Labute approximate surface area is 456 Å². The highest BCUT2D eigenvalue weighted by Gasteiger charge is 2.30. The van der Waals surface area contributed by atoms with E-state index in [4.69, 9.17) is 13.8 Å². The minimum atomic E-state index is -4.46. The second kappa shape index (κ2) is 53.6. The summed E-state index contributed by atoms with van der Waals surface area (Å²) in [5, 5.41) is 3.04. The fraction of sp³-hybridized carbons (Fsp3) is 0.750. The van der Waals surface area contributed by atoms with Crippen molar-refractivity contribution in [2.24, 2.45) is 0 Å². The summed E-state index contributed by atoms with van der Waals surface area (Å²) in [6.07, 6.45) is 70.1. The molecule has 74 heavy (non-hydrogen) atoms. The highest BCUT2D eigenvalue weighted by molar-refractivity contribution is 7.47. The number of phosphoric ester groups is 1. The molecule has 0 aliphatic rings. The minimum Gasteiger partial charge on any atom is -0.456 e. The molecule has 0 bridgehead atoms. The van der Waals surface area contributed by atoms with Crippen molar-refractivity contribution in [2.75, 3.05) is 40.9 Å². The summed E-state index contributed by atoms with van der Waals surface area (Å²) in [4.78, 5) is 37.6. The molecular formula is C64H116N2O7P+. The molecule has 0 aromatic carbocycles. The van der Waals surface area contributed by atoms with E-state index in [9.17, 15) is 19.0 Å². The number of nitrogens with one attached hydrogen (secondary N) is 1. The number of esters is 1. The monoisotopic (exact) mass is 1060 g/mol. The van der Waals surface area contributed by atoms with Crippen LogP contribution in [-0.4, -0.2) is 74.3 Å². The number of amides is 1. The van der Waals surface area contributed by atoms with Crippen LogP contribution in [0.25, 0.3) is 0 Å². The van der Waals surface area contributed by atoms with E-state index in [-0.39, 0.29) is 31.5 Å². The van der Waals surface area contributed by atoms with Crippen molar-refractivity contribution in [2.45, 2.75) is 270 Å². The van der Waals surface area contributed by atoms with Crippen LogP contribution in [0.15, 0.2) is 85.1 Å². The lowest BCUT2D eigenvalue weighted by molar-refractivity contribution is -0.870. The van der Waals surface area contributed by atoms with Gasteiger partial charge in [-0.15, -0.1) is 0 Å². The van der Waals surface area contributed by atoms with Crippen LogP contribution >= 0.6 is 7.82 Å². The minimum absolute atomic E-state index is 0.0279. The molecule has 0 aromatic rings. The Morgan fingerprint density at radius 1 is 0.473 bits per heavy atom. The fourth-order valence-corrected chi connectivity index (χ4v) is 9.05. The van der Waals surface area contributed by atoms with Crippen molar-refractivity contribution >= 4 is 19.7 Å². The van der Waals surface area contributed by atoms with Crippen molar-refractivity contribution in [3.05, 3.63) is 85.1 Å². The van der Waals surface area contributed by atoms with Crippen molar-refractivity contribution in [1.29, 1.82) is 0 Å². The average molecular weight is 1060 g/mol. The zero-order valence-corrected chi connectivity index (χ0v) is 49.7. The number of nitrogens with zero attached hydrogens (tertiary/aromatic N) is 1. The van der Waals surface area contributed by atoms with Gasteiger partial charge in [-0.3, -0.25) is 18.6 Å². The molecule has 2 N–H and O–H groups in total. The molecule has 0 aliphatic heterocycles. The lowest BCUT2D eigenvalue weighted by Crippen LogP contribution is -2.47. The van der Waals surface area contributed by atoms with Gasteiger partial charge in [0.15, 0.2) is 0 Å². The number of hydrogen-bond donors (Lipinski definition) is 2. The summed E-state index contributed by atoms with van der Waals surface area (Å²) in [7, 11) is 1.46. The SMILES string of the molecule is CCCCC/C=C\C/C=C\C/C=C\C/C=C\CCCC(=O)OC(/C=C/CCCCCCCCCCCC)C(COP(=O)(O)OCC[N+](C)(C)C)NC(=O)CCCCCCCCCCC/C=C\C/C=C\CCCCC.